The Morgan fingerprint density at radius 3 is 2.42 bits per heavy atom. The van der Waals surface area contributed by atoms with Gasteiger partial charge < -0.3 is 4.90 Å². The van der Waals surface area contributed by atoms with Crippen molar-refractivity contribution in [2.45, 2.75) is 46.3 Å². The summed E-state index contributed by atoms with van der Waals surface area (Å²) in [4.78, 5) is 14.4. The van der Waals surface area contributed by atoms with Crippen LogP contribution < -0.4 is 5.32 Å². The molecule has 104 valence electrons. The van der Waals surface area contributed by atoms with Gasteiger partial charge in [-0.25, -0.2) is 0 Å². The number of nitrogens with zero attached hydrogens (tertiary/aromatic N) is 1. The molecule has 0 spiro atoms. The average molecular weight is 260 g/mol. The van der Waals surface area contributed by atoms with Crippen molar-refractivity contribution in [2.24, 2.45) is 5.92 Å². The zero-order valence-corrected chi connectivity index (χ0v) is 12.3. The van der Waals surface area contributed by atoms with E-state index in [1.165, 1.54) is 11.1 Å². The summed E-state index contributed by atoms with van der Waals surface area (Å²) < 4.78 is 0. The van der Waals surface area contributed by atoms with Crippen LogP contribution in [0.25, 0.3) is 0 Å². The predicted octanol–water partition coefficient (Wildman–Crippen LogP) is 2.86. The number of benzene rings is 1. The van der Waals surface area contributed by atoms with Gasteiger partial charge in [-0.05, 0) is 24.8 Å². The number of nitrogens with one attached hydrogen (secondary N) is 1. The number of hydrogen-bond donors (Lipinski definition) is 1. The molecule has 1 aliphatic heterocycles. The third-order valence-electron chi connectivity index (χ3n) is 3.72. The Balaban J connectivity index is 2.27. The summed E-state index contributed by atoms with van der Waals surface area (Å²) in [6.45, 7) is 9.20. The molecule has 1 aromatic rings. The van der Waals surface area contributed by atoms with Crippen LogP contribution in [0.2, 0.25) is 0 Å². The van der Waals surface area contributed by atoms with Crippen LogP contribution in [-0.2, 0) is 4.79 Å². The predicted molar refractivity (Wildman–Crippen MR) is 77.7 cm³/mol. The second-order valence-electron chi connectivity index (χ2n) is 5.73. The Bertz CT molecular complexity index is 439. The number of carbonyl (C=O) groups excluding carboxylic acids is 1. The lowest BCUT2D eigenvalue weighted by Crippen LogP contribution is -2.34. The second-order valence-corrected chi connectivity index (χ2v) is 5.73. The van der Waals surface area contributed by atoms with Gasteiger partial charge in [0.15, 0.2) is 0 Å². The van der Waals surface area contributed by atoms with Gasteiger partial charge in [-0.15, -0.1) is 0 Å². The van der Waals surface area contributed by atoms with Crippen molar-refractivity contribution >= 4 is 5.91 Å². The summed E-state index contributed by atoms with van der Waals surface area (Å²) in [7, 11) is 0. The fourth-order valence-corrected chi connectivity index (χ4v) is 2.62. The lowest BCUT2D eigenvalue weighted by atomic mass is 10.0. The van der Waals surface area contributed by atoms with Crippen molar-refractivity contribution in [2.75, 3.05) is 6.54 Å². The molecular weight excluding hydrogens is 236 g/mol. The van der Waals surface area contributed by atoms with Crippen LogP contribution in [0.3, 0.4) is 0 Å². The number of rotatable bonds is 4. The Morgan fingerprint density at radius 2 is 1.89 bits per heavy atom. The molecule has 19 heavy (non-hydrogen) atoms. The fourth-order valence-electron chi connectivity index (χ4n) is 2.62. The van der Waals surface area contributed by atoms with Gasteiger partial charge in [0.05, 0.1) is 6.04 Å². The normalized spacial score (nSPS) is 23.4. The molecule has 1 N–H and O–H groups in total. The van der Waals surface area contributed by atoms with E-state index in [2.05, 4.69) is 57.3 Å². The lowest BCUT2D eigenvalue weighted by Gasteiger charge is -2.24. The zero-order valence-electron chi connectivity index (χ0n) is 12.3. The largest absolute Gasteiger partial charge is 0.322 e. The van der Waals surface area contributed by atoms with Gasteiger partial charge in [-0.1, -0.05) is 50.6 Å². The minimum absolute atomic E-state index is 0.0282. The number of hydrogen-bond acceptors (Lipinski definition) is 2. The first-order valence-corrected chi connectivity index (χ1v) is 7.17. The van der Waals surface area contributed by atoms with Crippen LogP contribution in [0.15, 0.2) is 24.3 Å². The SMILES string of the molecule is CCCN1C(=O)C(C(C)C)NC1c1ccc(C)cc1. The first-order valence-electron chi connectivity index (χ1n) is 7.17. The van der Waals surface area contributed by atoms with E-state index in [9.17, 15) is 4.79 Å². The lowest BCUT2D eigenvalue weighted by molar-refractivity contribution is -0.130. The van der Waals surface area contributed by atoms with E-state index < -0.39 is 0 Å². The van der Waals surface area contributed by atoms with Crippen LogP contribution in [0.1, 0.15) is 44.5 Å². The molecule has 0 saturated carbocycles. The standard InChI is InChI=1S/C16H24N2O/c1-5-10-18-15(13-8-6-12(4)7-9-13)17-14(11(2)3)16(18)19/h6-9,11,14-15,17H,5,10H2,1-4H3. The van der Waals surface area contributed by atoms with Gasteiger partial charge in [0.1, 0.15) is 6.17 Å². The maximum atomic E-state index is 12.5. The molecule has 1 fully saturated rings. The van der Waals surface area contributed by atoms with E-state index in [1.807, 2.05) is 4.90 Å². The third kappa shape index (κ3) is 2.81. The molecule has 0 bridgehead atoms. The molecule has 1 amide bonds. The maximum Gasteiger partial charge on any atom is 0.241 e. The van der Waals surface area contributed by atoms with Crippen LogP contribution in [0.4, 0.5) is 0 Å². The molecule has 1 aromatic carbocycles. The minimum atomic E-state index is -0.0575. The second kappa shape index (κ2) is 5.74. The number of aryl methyl sites for hydroxylation is 1. The monoisotopic (exact) mass is 260 g/mol. The molecule has 2 rings (SSSR count). The zero-order chi connectivity index (χ0) is 14.0. The summed E-state index contributed by atoms with van der Waals surface area (Å²) in [6.07, 6.45) is 1.01. The van der Waals surface area contributed by atoms with Gasteiger partial charge in [0.25, 0.3) is 0 Å². The smallest absolute Gasteiger partial charge is 0.241 e. The van der Waals surface area contributed by atoms with E-state index in [0.29, 0.717) is 5.92 Å². The van der Waals surface area contributed by atoms with Crippen molar-refractivity contribution in [3.63, 3.8) is 0 Å². The van der Waals surface area contributed by atoms with Crippen molar-refractivity contribution in [1.29, 1.82) is 0 Å². The molecular formula is C16H24N2O. The Kier molecular flexibility index (Phi) is 4.25. The maximum absolute atomic E-state index is 12.5. The van der Waals surface area contributed by atoms with Gasteiger partial charge >= 0.3 is 0 Å². The molecule has 1 aliphatic rings. The molecule has 0 radical (unpaired) electrons. The molecule has 2 atom stereocenters. The molecule has 0 aromatic heterocycles. The molecule has 0 aliphatic carbocycles. The molecule has 3 heteroatoms. The fraction of sp³-hybridized carbons (Fsp3) is 0.562. The van der Waals surface area contributed by atoms with Crippen LogP contribution >= 0.6 is 0 Å². The van der Waals surface area contributed by atoms with E-state index in [4.69, 9.17) is 0 Å². The summed E-state index contributed by atoms with van der Waals surface area (Å²) in [6, 6.07) is 8.39. The van der Waals surface area contributed by atoms with Crippen molar-refractivity contribution in [1.82, 2.24) is 10.2 Å². The quantitative estimate of drug-likeness (QED) is 0.903. The van der Waals surface area contributed by atoms with Crippen molar-refractivity contribution < 1.29 is 4.79 Å². The summed E-state index contributed by atoms with van der Waals surface area (Å²) in [5, 5.41) is 3.49. The van der Waals surface area contributed by atoms with Gasteiger partial charge in [-0.3, -0.25) is 10.1 Å². The van der Waals surface area contributed by atoms with E-state index >= 15 is 0 Å². The van der Waals surface area contributed by atoms with E-state index in [0.717, 1.165) is 13.0 Å². The van der Waals surface area contributed by atoms with E-state index in [1.54, 1.807) is 0 Å². The van der Waals surface area contributed by atoms with Gasteiger partial charge in [-0.2, -0.15) is 0 Å². The molecule has 1 saturated heterocycles. The highest BCUT2D eigenvalue weighted by atomic mass is 16.2. The Morgan fingerprint density at radius 1 is 1.26 bits per heavy atom. The molecule has 1 heterocycles. The average Bonchev–Trinajstić information content (AvgIpc) is 2.69. The van der Waals surface area contributed by atoms with Gasteiger partial charge in [0.2, 0.25) is 5.91 Å². The number of carbonyl (C=O) groups is 1. The van der Waals surface area contributed by atoms with E-state index in [-0.39, 0.29) is 18.1 Å². The highest BCUT2D eigenvalue weighted by molar-refractivity contribution is 5.84. The van der Waals surface area contributed by atoms with Crippen LogP contribution in [-0.4, -0.2) is 23.4 Å². The van der Waals surface area contributed by atoms with Crippen LogP contribution in [0.5, 0.6) is 0 Å². The summed E-state index contributed by atoms with van der Waals surface area (Å²) in [5.74, 6) is 0.560. The third-order valence-corrected chi connectivity index (χ3v) is 3.72. The Labute approximate surface area is 116 Å². The van der Waals surface area contributed by atoms with Crippen LogP contribution in [0, 0.1) is 12.8 Å². The number of amides is 1. The summed E-state index contributed by atoms with van der Waals surface area (Å²) in [5.41, 5.74) is 2.42. The summed E-state index contributed by atoms with van der Waals surface area (Å²) >= 11 is 0. The highest BCUT2D eigenvalue weighted by Crippen LogP contribution is 2.28. The topological polar surface area (TPSA) is 32.3 Å². The molecule has 2 unspecified atom stereocenters. The first-order chi connectivity index (χ1) is 9.04. The van der Waals surface area contributed by atoms with Gasteiger partial charge in [0, 0.05) is 6.54 Å². The first kappa shape index (κ1) is 14.1. The van der Waals surface area contributed by atoms with Crippen molar-refractivity contribution in [3.8, 4) is 0 Å². The van der Waals surface area contributed by atoms with Crippen molar-refractivity contribution in [3.05, 3.63) is 35.4 Å². The molecule has 3 nitrogen and oxygen atoms in total. The Hall–Kier alpha value is -1.35. The minimum Gasteiger partial charge on any atom is -0.322 e. The highest BCUT2D eigenvalue weighted by Gasteiger charge is 2.40.